The Balaban J connectivity index is 1.15. The molecule has 2 heterocycles. The van der Waals surface area contributed by atoms with Crippen LogP contribution < -0.4 is 5.32 Å². The van der Waals surface area contributed by atoms with Crippen LogP contribution in [0.3, 0.4) is 0 Å². The van der Waals surface area contributed by atoms with Gasteiger partial charge in [0.25, 0.3) is 0 Å². The average Bonchev–Trinajstić information content (AvgIpc) is 3.25. The Morgan fingerprint density at radius 2 is 1.87 bits per heavy atom. The monoisotopic (exact) mass is 424 g/mol. The zero-order chi connectivity index (χ0) is 20.6. The number of benzene rings is 1. The van der Waals surface area contributed by atoms with Gasteiger partial charge in [0, 0.05) is 50.2 Å². The predicted octanol–water partition coefficient (Wildman–Crippen LogP) is 3.93. The first-order chi connectivity index (χ1) is 14.8. The molecule has 30 heavy (non-hydrogen) atoms. The van der Waals surface area contributed by atoms with Crippen molar-refractivity contribution in [3.8, 4) is 10.6 Å². The largest absolute Gasteiger partial charge is 0.355 e. The Morgan fingerprint density at radius 3 is 2.63 bits per heavy atom. The molecule has 1 saturated heterocycles. The van der Waals surface area contributed by atoms with Gasteiger partial charge in [0.05, 0.1) is 12.2 Å². The van der Waals surface area contributed by atoms with E-state index in [0.717, 1.165) is 56.4 Å². The quantitative estimate of drug-likeness (QED) is 0.652. The molecule has 1 fully saturated rings. The number of carbonyl (C=O) groups is 1. The number of piperazine rings is 1. The van der Waals surface area contributed by atoms with Gasteiger partial charge in [-0.3, -0.25) is 14.6 Å². The molecule has 4 rings (SSSR count). The molecule has 1 aromatic carbocycles. The fraction of sp³-hybridized carbons (Fsp3) is 0.500. The summed E-state index contributed by atoms with van der Waals surface area (Å²) in [4.78, 5) is 21.8. The van der Waals surface area contributed by atoms with Crippen LogP contribution in [0.4, 0.5) is 0 Å². The standard InChI is InChI=1S/C24H32N4OS/c29-23(25-12-11-20-7-3-1-4-8-20)18-28-15-13-27(14-16-28)17-22-19-30-24(26-22)21-9-5-2-6-10-21/h2,5-7,9-10,19H,1,3-4,8,11-18H2,(H,25,29). The number of carbonyl (C=O) groups excluding carboxylic acids is 1. The molecular weight excluding hydrogens is 392 g/mol. The van der Waals surface area contributed by atoms with E-state index in [1.807, 2.05) is 6.07 Å². The van der Waals surface area contributed by atoms with Gasteiger partial charge in [-0.1, -0.05) is 42.0 Å². The average molecular weight is 425 g/mol. The third-order valence-electron chi connectivity index (χ3n) is 5.94. The molecule has 0 spiro atoms. The van der Waals surface area contributed by atoms with Crippen molar-refractivity contribution < 1.29 is 4.79 Å². The van der Waals surface area contributed by atoms with Crippen LogP contribution in [0, 0.1) is 0 Å². The minimum absolute atomic E-state index is 0.159. The summed E-state index contributed by atoms with van der Waals surface area (Å²) in [6.45, 7) is 6.03. The van der Waals surface area contributed by atoms with Gasteiger partial charge in [-0.05, 0) is 32.1 Å². The van der Waals surface area contributed by atoms with Crippen LogP contribution in [-0.2, 0) is 11.3 Å². The van der Waals surface area contributed by atoms with Gasteiger partial charge >= 0.3 is 0 Å². The lowest BCUT2D eigenvalue weighted by atomic mass is 9.97. The van der Waals surface area contributed by atoms with Crippen molar-refractivity contribution in [3.63, 3.8) is 0 Å². The third kappa shape index (κ3) is 6.24. The molecule has 1 aromatic heterocycles. The van der Waals surface area contributed by atoms with Crippen LogP contribution in [0.5, 0.6) is 0 Å². The topological polar surface area (TPSA) is 48.5 Å². The second-order valence-corrected chi connectivity index (χ2v) is 9.13. The number of amides is 1. The smallest absolute Gasteiger partial charge is 0.234 e. The van der Waals surface area contributed by atoms with Crippen molar-refractivity contribution in [2.75, 3.05) is 39.3 Å². The lowest BCUT2D eigenvalue weighted by molar-refractivity contribution is -0.122. The lowest BCUT2D eigenvalue weighted by Crippen LogP contribution is -2.49. The molecule has 160 valence electrons. The van der Waals surface area contributed by atoms with Gasteiger partial charge in [0.15, 0.2) is 0 Å². The minimum Gasteiger partial charge on any atom is -0.355 e. The van der Waals surface area contributed by atoms with Crippen molar-refractivity contribution in [3.05, 3.63) is 53.1 Å². The zero-order valence-corrected chi connectivity index (χ0v) is 18.5. The molecule has 6 heteroatoms. The Kier molecular flexibility index (Phi) is 7.67. The molecular formula is C24H32N4OS. The van der Waals surface area contributed by atoms with Crippen LogP contribution in [0.2, 0.25) is 0 Å². The van der Waals surface area contributed by atoms with Crippen molar-refractivity contribution in [1.82, 2.24) is 20.1 Å². The molecule has 0 atom stereocenters. The van der Waals surface area contributed by atoms with Crippen LogP contribution in [0.1, 0.15) is 37.8 Å². The molecule has 0 unspecified atom stereocenters. The number of rotatable bonds is 8. The van der Waals surface area contributed by atoms with E-state index in [2.05, 4.69) is 50.8 Å². The molecule has 1 N–H and O–H groups in total. The second kappa shape index (κ2) is 10.8. The van der Waals surface area contributed by atoms with E-state index in [-0.39, 0.29) is 5.91 Å². The number of nitrogens with one attached hydrogen (secondary N) is 1. The molecule has 5 nitrogen and oxygen atoms in total. The van der Waals surface area contributed by atoms with E-state index < -0.39 is 0 Å². The maximum absolute atomic E-state index is 12.3. The molecule has 2 aliphatic rings. The number of allylic oxidation sites excluding steroid dienone is 1. The van der Waals surface area contributed by atoms with E-state index in [1.165, 1.54) is 36.8 Å². The Morgan fingerprint density at radius 1 is 1.07 bits per heavy atom. The SMILES string of the molecule is O=C(CN1CCN(Cc2csc(-c3ccccc3)n2)CC1)NCCC1=CCCCC1. The fourth-order valence-corrected chi connectivity index (χ4v) is 5.00. The summed E-state index contributed by atoms with van der Waals surface area (Å²) in [5.41, 5.74) is 3.85. The minimum atomic E-state index is 0.159. The zero-order valence-electron chi connectivity index (χ0n) is 17.7. The third-order valence-corrected chi connectivity index (χ3v) is 6.88. The second-order valence-electron chi connectivity index (χ2n) is 8.27. The highest BCUT2D eigenvalue weighted by atomic mass is 32.1. The summed E-state index contributed by atoms with van der Waals surface area (Å²) in [7, 11) is 0. The van der Waals surface area contributed by atoms with Gasteiger partial charge < -0.3 is 5.32 Å². The molecule has 2 aromatic rings. The Bertz CT molecular complexity index is 840. The number of hydrogen-bond acceptors (Lipinski definition) is 5. The molecule has 1 amide bonds. The number of aromatic nitrogens is 1. The van der Waals surface area contributed by atoms with Gasteiger partial charge in [-0.2, -0.15) is 0 Å². The van der Waals surface area contributed by atoms with Gasteiger partial charge in [0.2, 0.25) is 5.91 Å². The van der Waals surface area contributed by atoms with E-state index in [4.69, 9.17) is 4.98 Å². The van der Waals surface area contributed by atoms with Crippen LogP contribution in [0.15, 0.2) is 47.4 Å². The first-order valence-electron chi connectivity index (χ1n) is 11.2. The molecule has 0 bridgehead atoms. The predicted molar refractivity (Wildman–Crippen MR) is 123 cm³/mol. The number of nitrogens with zero attached hydrogens (tertiary/aromatic N) is 3. The van der Waals surface area contributed by atoms with Gasteiger partial charge in [-0.15, -0.1) is 11.3 Å². The molecule has 1 aliphatic carbocycles. The summed E-state index contributed by atoms with van der Waals surface area (Å²) in [6, 6.07) is 10.4. The first kappa shape index (κ1) is 21.2. The summed E-state index contributed by atoms with van der Waals surface area (Å²) in [5.74, 6) is 0.159. The number of hydrogen-bond donors (Lipinski definition) is 1. The number of thiazole rings is 1. The summed E-state index contributed by atoms with van der Waals surface area (Å²) in [5, 5.41) is 6.36. The van der Waals surface area contributed by atoms with Crippen molar-refractivity contribution in [2.24, 2.45) is 0 Å². The highest BCUT2D eigenvalue weighted by Gasteiger charge is 2.20. The van der Waals surface area contributed by atoms with Crippen molar-refractivity contribution in [2.45, 2.75) is 38.6 Å². The van der Waals surface area contributed by atoms with Crippen molar-refractivity contribution in [1.29, 1.82) is 0 Å². The van der Waals surface area contributed by atoms with E-state index in [9.17, 15) is 4.79 Å². The summed E-state index contributed by atoms with van der Waals surface area (Å²) >= 11 is 1.71. The Labute approximate surface area is 183 Å². The van der Waals surface area contributed by atoms with Gasteiger partial charge in [-0.25, -0.2) is 4.98 Å². The van der Waals surface area contributed by atoms with E-state index >= 15 is 0 Å². The van der Waals surface area contributed by atoms with E-state index in [0.29, 0.717) is 6.54 Å². The van der Waals surface area contributed by atoms with E-state index in [1.54, 1.807) is 11.3 Å². The first-order valence-corrected chi connectivity index (χ1v) is 12.0. The maximum Gasteiger partial charge on any atom is 0.234 e. The highest BCUT2D eigenvalue weighted by Crippen LogP contribution is 2.24. The van der Waals surface area contributed by atoms with Crippen molar-refractivity contribution >= 4 is 17.2 Å². The van der Waals surface area contributed by atoms with Crippen LogP contribution in [-0.4, -0.2) is 60.0 Å². The molecule has 0 saturated carbocycles. The van der Waals surface area contributed by atoms with Gasteiger partial charge in [0.1, 0.15) is 5.01 Å². The molecule has 0 radical (unpaired) electrons. The normalized spacial score (nSPS) is 18.2. The fourth-order valence-electron chi connectivity index (χ4n) is 4.18. The van der Waals surface area contributed by atoms with Crippen LogP contribution in [0.25, 0.3) is 10.6 Å². The summed E-state index contributed by atoms with van der Waals surface area (Å²) in [6.07, 6.45) is 8.42. The Hall–Kier alpha value is -2.02. The highest BCUT2D eigenvalue weighted by molar-refractivity contribution is 7.13. The maximum atomic E-state index is 12.3. The molecule has 1 aliphatic heterocycles. The lowest BCUT2D eigenvalue weighted by Gasteiger charge is -2.33. The summed E-state index contributed by atoms with van der Waals surface area (Å²) < 4.78 is 0. The van der Waals surface area contributed by atoms with Crippen LogP contribution >= 0.6 is 11.3 Å².